The van der Waals surface area contributed by atoms with E-state index in [1.54, 1.807) is 0 Å². The highest BCUT2D eigenvalue weighted by molar-refractivity contribution is 4.61. The predicted molar refractivity (Wildman–Crippen MR) is 79.3 cm³/mol. The van der Waals surface area contributed by atoms with E-state index in [1.807, 2.05) is 0 Å². The van der Waals surface area contributed by atoms with Crippen molar-refractivity contribution in [3.05, 3.63) is 0 Å². The van der Waals surface area contributed by atoms with Gasteiger partial charge >= 0.3 is 0 Å². The fraction of sp³-hybridized carbons (Fsp3) is 1.00. The molecule has 1 heteroatoms. The van der Waals surface area contributed by atoms with E-state index >= 15 is 0 Å². The minimum absolute atomic E-state index is 0.874. The van der Waals surface area contributed by atoms with Crippen molar-refractivity contribution in [2.24, 2.45) is 5.92 Å². The van der Waals surface area contributed by atoms with Gasteiger partial charge in [0.25, 0.3) is 0 Å². The molecule has 1 nitrogen and oxygen atoms in total. The van der Waals surface area contributed by atoms with Crippen LogP contribution in [0, 0.1) is 5.92 Å². The van der Waals surface area contributed by atoms with Crippen molar-refractivity contribution in [1.82, 2.24) is 0 Å². The molecular weight excluding hydrogens is 206 g/mol. The van der Waals surface area contributed by atoms with Gasteiger partial charge in [0.05, 0.1) is 26.7 Å². The lowest BCUT2D eigenvalue weighted by molar-refractivity contribution is -0.914. The Morgan fingerprint density at radius 3 is 1.88 bits per heavy atom. The zero-order chi connectivity index (χ0) is 13.3. The fourth-order valence-electron chi connectivity index (χ4n) is 2.77. The van der Waals surface area contributed by atoms with Crippen molar-refractivity contribution in [2.75, 3.05) is 20.6 Å². The first-order valence-electron chi connectivity index (χ1n) is 7.80. The molecule has 0 amide bonds. The third kappa shape index (κ3) is 7.08. The first kappa shape index (κ1) is 17.0. The van der Waals surface area contributed by atoms with Crippen LogP contribution in [0.3, 0.4) is 0 Å². The summed E-state index contributed by atoms with van der Waals surface area (Å²) in [5.74, 6) is 0.930. The molecule has 0 aromatic carbocycles. The maximum absolute atomic E-state index is 2.41. The van der Waals surface area contributed by atoms with Gasteiger partial charge in [-0.15, -0.1) is 0 Å². The van der Waals surface area contributed by atoms with E-state index in [-0.39, 0.29) is 0 Å². The minimum atomic E-state index is 0.874. The van der Waals surface area contributed by atoms with Crippen molar-refractivity contribution in [2.45, 2.75) is 78.7 Å². The van der Waals surface area contributed by atoms with Crippen molar-refractivity contribution in [3.8, 4) is 0 Å². The molecule has 0 aromatic rings. The van der Waals surface area contributed by atoms with Gasteiger partial charge in [-0.3, -0.25) is 0 Å². The molecule has 0 heterocycles. The van der Waals surface area contributed by atoms with Gasteiger partial charge < -0.3 is 4.48 Å². The topological polar surface area (TPSA) is 0 Å². The van der Waals surface area contributed by atoms with E-state index in [0.717, 1.165) is 12.0 Å². The predicted octanol–water partition coefficient (Wildman–Crippen LogP) is 4.86. The summed E-state index contributed by atoms with van der Waals surface area (Å²) < 4.78 is 1.20. The summed E-state index contributed by atoms with van der Waals surface area (Å²) >= 11 is 0. The van der Waals surface area contributed by atoms with Crippen LogP contribution in [0.5, 0.6) is 0 Å². The van der Waals surface area contributed by atoms with Gasteiger partial charge in [-0.2, -0.15) is 0 Å². The molecule has 0 rings (SSSR count). The third-order valence-electron chi connectivity index (χ3n) is 4.44. The van der Waals surface area contributed by atoms with E-state index in [0.29, 0.717) is 0 Å². The Labute approximate surface area is 110 Å². The van der Waals surface area contributed by atoms with Gasteiger partial charge in [0.2, 0.25) is 0 Å². The van der Waals surface area contributed by atoms with E-state index in [1.165, 1.54) is 56.0 Å². The fourth-order valence-corrected chi connectivity index (χ4v) is 2.77. The maximum Gasteiger partial charge on any atom is 0.0886 e. The van der Waals surface area contributed by atoms with Crippen LogP contribution in [0.4, 0.5) is 0 Å². The Morgan fingerprint density at radius 1 is 0.824 bits per heavy atom. The zero-order valence-corrected chi connectivity index (χ0v) is 13.3. The van der Waals surface area contributed by atoms with Crippen LogP contribution < -0.4 is 0 Å². The number of hydrogen-bond donors (Lipinski definition) is 0. The SMILES string of the molecule is CCCC(C)CCCC(CCC)[N+](C)(C)CC. The van der Waals surface area contributed by atoms with Crippen molar-refractivity contribution in [3.63, 3.8) is 0 Å². The van der Waals surface area contributed by atoms with Crippen molar-refractivity contribution >= 4 is 0 Å². The first-order chi connectivity index (χ1) is 7.97. The summed E-state index contributed by atoms with van der Waals surface area (Å²) in [5, 5.41) is 0. The smallest absolute Gasteiger partial charge is 0.0886 e. The highest BCUT2D eigenvalue weighted by Crippen LogP contribution is 2.21. The van der Waals surface area contributed by atoms with E-state index in [9.17, 15) is 0 Å². The molecule has 17 heavy (non-hydrogen) atoms. The summed E-state index contributed by atoms with van der Waals surface area (Å²) in [6, 6.07) is 0.874. The standard InChI is InChI=1S/C16H36N/c1-7-11-15(4)13-10-14-16(12-8-2)17(5,6)9-3/h15-16H,7-14H2,1-6H3/q+1. The monoisotopic (exact) mass is 242 g/mol. The largest absolute Gasteiger partial charge is 0.326 e. The molecule has 0 aliphatic carbocycles. The maximum atomic E-state index is 2.41. The minimum Gasteiger partial charge on any atom is -0.326 e. The second kappa shape index (κ2) is 8.97. The number of hydrogen-bond acceptors (Lipinski definition) is 0. The van der Waals surface area contributed by atoms with Gasteiger partial charge in [-0.1, -0.05) is 46.5 Å². The van der Waals surface area contributed by atoms with Crippen molar-refractivity contribution in [1.29, 1.82) is 0 Å². The third-order valence-corrected chi connectivity index (χ3v) is 4.44. The van der Waals surface area contributed by atoms with Crippen LogP contribution in [0.25, 0.3) is 0 Å². The Kier molecular flexibility index (Phi) is 8.94. The average molecular weight is 242 g/mol. The second-order valence-corrected chi connectivity index (χ2v) is 6.36. The summed E-state index contributed by atoms with van der Waals surface area (Å²) in [6.07, 6.45) is 9.74. The van der Waals surface area contributed by atoms with Crippen LogP contribution in [0.2, 0.25) is 0 Å². The molecule has 2 unspecified atom stereocenters. The number of nitrogens with zero attached hydrogens (tertiary/aromatic N) is 1. The molecule has 0 aromatic heterocycles. The molecule has 0 saturated carbocycles. The van der Waals surface area contributed by atoms with Crippen molar-refractivity contribution < 1.29 is 4.48 Å². The molecule has 0 fully saturated rings. The molecule has 0 saturated heterocycles. The van der Waals surface area contributed by atoms with Crippen LogP contribution in [-0.2, 0) is 0 Å². The van der Waals surface area contributed by atoms with Gasteiger partial charge in [0.1, 0.15) is 0 Å². The molecule has 0 radical (unpaired) electrons. The summed E-state index contributed by atoms with van der Waals surface area (Å²) in [6.45, 7) is 10.6. The van der Waals surface area contributed by atoms with E-state index in [4.69, 9.17) is 0 Å². The van der Waals surface area contributed by atoms with Gasteiger partial charge in [0.15, 0.2) is 0 Å². The highest BCUT2D eigenvalue weighted by atomic mass is 15.3. The summed E-state index contributed by atoms with van der Waals surface area (Å²) in [7, 11) is 4.80. The molecule has 0 aliphatic heterocycles. The van der Waals surface area contributed by atoms with Crippen LogP contribution in [0.15, 0.2) is 0 Å². The Balaban J connectivity index is 4.01. The molecular formula is C16H36N+. The van der Waals surface area contributed by atoms with Gasteiger partial charge in [0, 0.05) is 0 Å². The highest BCUT2D eigenvalue weighted by Gasteiger charge is 2.25. The molecule has 0 bridgehead atoms. The number of rotatable bonds is 10. The second-order valence-electron chi connectivity index (χ2n) is 6.36. The van der Waals surface area contributed by atoms with E-state index < -0.39 is 0 Å². The lowest BCUT2D eigenvalue weighted by atomic mass is 9.95. The number of quaternary nitrogens is 1. The first-order valence-corrected chi connectivity index (χ1v) is 7.80. The van der Waals surface area contributed by atoms with Gasteiger partial charge in [-0.25, -0.2) is 0 Å². The zero-order valence-electron chi connectivity index (χ0n) is 13.3. The average Bonchev–Trinajstić information content (AvgIpc) is 2.28. The lowest BCUT2D eigenvalue weighted by Gasteiger charge is -2.37. The Bertz CT molecular complexity index is 174. The molecule has 104 valence electrons. The molecule has 2 atom stereocenters. The molecule has 0 spiro atoms. The van der Waals surface area contributed by atoms with Gasteiger partial charge in [-0.05, 0) is 32.1 Å². The van der Waals surface area contributed by atoms with Crippen LogP contribution >= 0.6 is 0 Å². The lowest BCUT2D eigenvalue weighted by Crippen LogP contribution is -2.48. The summed E-state index contributed by atoms with van der Waals surface area (Å²) in [5.41, 5.74) is 0. The van der Waals surface area contributed by atoms with Crippen LogP contribution in [-0.4, -0.2) is 31.2 Å². The Morgan fingerprint density at radius 2 is 1.41 bits per heavy atom. The molecule has 0 aliphatic rings. The Hall–Kier alpha value is -0.0400. The quantitative estimate of drug-likeness (QED) is 0.480. The normalized spacial score (nSPS) is 15.9. The van der Waals surface area contributed by atoms with E-state index in [2.05, 4.69) is 41.8 Å². The van der Waals surface area contributed by atoms with Crippen LogP contribution in [0.1, 0.15) is 72.6 Å². The summed E-state index contributed by atoms with van der Waals surface area (Å²) in [4.78, 5) is 0. The molecule has 0 N–H and O–H groups in total.